The van der Waals surface area contributed by atoms with Gasteiger partial charge in [0.1, 0.15) is 0 Å². The summed E-state index contributed by atoms with van der Waals surface area (Å²) in [6.45, 7) is 3.46. The smallest absolute Gasteiger partial charge is 0.276 e. The Labute approximate surface area is 167 Å². The Balaban J connectivity index is 1.67. The molecule has 1 aliphatic rings. The first-order valence-corrected chi connectivity index (χ1v) is 11.1. The lowest BCUT2D eigenvalue weighted by Gasteiger charge is -2.20. The van der Waals surface area contributed by atoms with E-state index in [2.05, 4.69) is 9.93 Å². The van der Waals surface area contributed by atoms with Crippen LogP contribution in [0.1, 0.15) is 19.4 Å². The molecule has 2 heterocycles. The zero-order valence-electron chi connectivity index (χ0n) is 15.7. The summed E-state index contributed by atoms with van der Waals surface area (Å²) < 4.78 is 28.3. The third-order valence-electron chi connectivity index (χ3n) is 4.89. The molecule has 0 bridgehead atoms. The second kappa shape index (κ2) is 6.75. The summed E-state index contributed by atoms with van der Waals surface area (Å²) in [6.07, 6.45) is 0.626. The first-order valence-electron chi connectivity index (χ1n) is 8.81. The van der Waals surface area contributed by atoms with E-state index < -0.39 is 10.0 Å². The number of nitrogens with one attached hydrogen (secondary N) is 1. The maximum atomic E-state index is 12.7. The Hall–Kier alpha value is -2.65. The molecule has 7 nitrogen and oxygen atoms in total. The van der Waals surface area contributed by atoms with E-state index in [1.807, 2.05) is 42.8 Å². The summed E-state index contributed by atoms with van der Waals surface area (Å²) in [5, 5.41) is 4.12. The molecular formula is C19H20N4O3S2. The van der Waals surface area contributed by atoms with Gasteiger partial charge >= 0.3 is 0 Å². The van der Waals surface area contributed by atoms with Crippen LogP contribution >= 0.6 is 11.3 Å². The van der Waals surface area contributed by atoms with Gasteiger partial charge in [0.05, 0.1) is 15.1 Å². The van der Waals surface area contributed by atoms with Crippen LogP contribution in [0.3, 0.4) is 0 Å². The number of anilines is 1. The number of aromatic nitrogens is 1. The van der Waals surface area contributed by atoms with Gasteiger partial charge < -0.3 is 9.47 Å². The monoisotopic (exact) mass is 416 g/mol. The van der Waals surface area contributed by atoms with E-state index in [1.54, 1.807) is 17.0 Å². The van der Waals surface area contributed by atoms with E-state index in [0.29, 0.717) is 11.2 Å². The van der Waals surface area contributed by atoms with Gasteiger partial charge in [0.2, 0.25) is 10.7 Å². The van der Waals surface area contributed by atoms with Gasteiger partial charge in [-0.15, -0.1) is 5.10 Å². The molecule has 2 aromatic carbocycles. The zero-order chi connectivity index (χ0) is 20.1. The third kappa shape index (κ3) is 3.10. The molecule has 0 aliphatic carbocycles. The predicted octanol–water partition coefficient (Wildman–Crippen LogP) is 2.33. The zero-order valence-corrected chi connectivity index (χ0v) is 17.3. The number of sulfonamides is 1. The van der Waals surface area contributed by atoms with Crippen molar-refractivity contribution < 1.29 is 13.2 Å². The quantitative estimate of drug-likeness (QED) is 0.665. The normalized spacial score (nSPS) is 17.2. The lowest BCUT2D eigenvalue weighted by Crippen LogP contribution is -2.33. The lowest BCUT2D eigenvalue weighted by atomic mass is 10.1. The largest absolute Gasteiger partial charge is 0.318 e. The average molecular weight is 417 g/mol. The van der Waals surface area contributed by atoms with Crippen molar-refractivity contribution in [2.24, 2.45) is 12.1 Å². The summed E-state index contributed by atoms with van der Waals surface area (Å²) in [5.74, 6) is -0.0488. The number of benzene rings is 2. The van der Waals surface area contributed by atoms with E-state index in [9.17, 15) is 13.2 Å². The number of hydrogen-bond acceptors (Lipinski definition) is 5. The number of carbonyl (C=O) groups excluding carboxylic acids is 1. The Morgan fingerprint density at radius 3 is 2.71 bits per heavy atom. The number of para-hydroxylation sites is 1. The summed E-state index contributed by atoms with van der Waals surface area (Å²) in [4.78, 5) is 16.6. The van der Waals surface area contributed by atoms with Crippen molar-refractivity contribution in [1.29, 1.82) is 0 Å². The number of amides is 1. The highest BCUT2D eigenvalue weighted by molar-refractivity contribution is 7.89. The fraction of sp³-hybridized carbons (Fsp3) is 0.263. The molecule has 0 fully saturated rings. The van der Waals surface area contributed by atoms with Gasteiger partial charge in [-0.3, -0.25) is 4.79 Å². The molecule has 1 amide bonds. The fourth-order valence-corrected chi connectivity index (χ4v) is 5.49. The number of nitrogens with zero attached hydrogens (tertiary/aromatic N) is 3. The van der Waals surface area contributed by atoms with Gasteiger partial charge in [-0.25, -0.2) is 0 Å². The van der Waals surface area contributed by atoms with Crippen LogP contribution in [0.5, 0.6) is 0 Å². The number of aryl methyl sites for hydroxylation is 1. The Kier molecular flexibility index (Phi) is 4.51. The van der Waals surface area contributed by atoms with Gasteiger partial charge in [-0.2, -0.15) is 13.2 Å². The van der Waals surface area contributed by atoms with Crippen molar-refractivity contribution in [1.82, 2.24) is 9.40 Å². The molecule has 9 heteroatoms. The number of hydrogen-bond donors (Lipinski definition) is 1. The highest BCUT2D eigenvalue weighted by atomic mass is 32.2. The molecule has 1 aromatic heterocycles. The molecule has 0 radical (unpaired) electrons. The maximum Gasteiger partial charge on any atom is 0.276 e. The van der Waals surface area contributed by atoms with Gasteiger partial charge in [0.25, 0.3) is 10.0 Å². The second-order valence-corrected chi connectivity index (χ2v) is 9.52. The number of rotatable bonds is 3. The molecule has 4 rings (SSSR count). The van der Waals surface area contributed by atoms with Crippen molar-refractivity contribution in [2.75, 3.05) is 4.90 Å². The van der Waals surface area contributed by atoms with Crippen LogP contribution in [-0.2, 0) is 28.3 Å². The standard InChI is InChI=1S/C19H20N4O3S2/c1-12-10-14-11-15(8-9-16(14)23(12)13(2)24)28(25,26)21-20-19-22(3)17-6-4-5-7-18(17)27-19/h4-9,11-12,21H,10H2,1-3H3/b20-19+. The van der Waals surface area contributed by atoms with E-state index in [0.717, 1.165) is 21.5 Å². The van der Waals surface area contributed by atoms with Crippen LogP contribution in [0.2, 0.25) is 0 Å². The number of fused-ring (bicyclic) bond motifs is 2. The maximum absolute atomic E-state index is 12.7. The van der Waals surface area contributed by atoms with Gasteiger partial charge in [0.15, 0.2) is 0 Å². The number of thiazole rings is 1. The molecule has 1 aliphatic heterocycles. The van der Waals surface area contributed by atoms with E-state index in [1.165, 1.54) is 24.3 Å². The van der Waals surface area contributed by atoms with Crippen LogP contribution in [0.4, 0.5) is 5.69 Å². The second-order valence-electron chi connectivity index (χ2n) is 6.85. The summed E-state index contributed by atoms with van der Waals surface area (Å²) in [5.41, 5.74) is 2.60. The van der Waals surface area contributed by atoms with Crippen LogP contribution in [0.25, 0.3) is 10.2 Å². The van der Waals surface area contributed by atoms with Gasteiger partial charge in [-0.05, 0) is 49.2 Å². The average Bonchev–Trinajstić information content (AvgIpc) is 3.16. The third-order valence-corrected chi connectivity index (χ3v) is 7.21. The highest BCUT2D eigenvalue weighted by Gasteiger charge is 2.30. The molecule has 146 valence electrons. The molecule has 3 aromatic rings. The van der Waals surface area contributed by atoms with Crippen molar-refractivity contribution >= 4 is 43.2 Å². The Morgan fingerprint density at radius 1 is 1.25 bits per heavy atom. The van der Waals surface area contributed by atoms with E-state index in [4.69, 9.17) is 0 Å². The van der Waals surface area contributed by atoms with Crippen LogP contribution in [0, 0.1) is 0 Å². The number of carbonyl (C=O) groups is 1. The minimum Gasteiger partial charge on any atom is -0.318 e. The summed E-state index contributed by atoms with van der Waals surface area (Å²) in [7, 11) is -1.97. The summed E-state index contributed by atoms with van der Waals surface area (Å²) >= 11 is 1.41. The Morgan fingerprint density at radius 2 is 2.00 bits per heavy atom. The molecule has 1 unspecified atom stereocenters. The molecular weight excluding hydrogens is 396 g/mol. The van der Waals surface area contributed by atoms with E-state index in [-0.39, 0.29) is 16.8 Å². The fourth-order valence-electron chi connectivity index (χ4n) is 3.59. The van der Waals surface area contributed by atoms with Gasteiger partial charge in [0, 0.05) is 25.7 Å². The minimum atomic E-state index is -3.82. The Bertz CT molecular complexity index is 1260. The molecule has 0 saturated carbocycles. The van der Waals surface area contributed by atoms with Crippen molar-refractivity contribution in [2.45, 2.75) is 31.2 Å². The first kappa shape index (κ1) is 18.7. The predicted molar refractivity (Wildman–Crippen MR) is 109 cm³/mol. The molecule has 0 spiro atoms. The van der Waals surface area contributed by atoms with Crippen molar-refractivity contribution in [3.63, 3.8) is 0 Å². The van der Waals surface area contributed by atoms with Crippen LogP contribution in [0.15, 0.2) is 52.5 Å². The first-order chi connectivity index (χ1) is 13.3. The molecule has 28 heavy (non-hydrogen) atoms. The lowest BCUT2D eigenvalue weighted by molar-refractivity contribution is -0.116. The van der Waals surface area contributed by atoms with Gasteiger partial charge in [-0.1, -0.05) is 23.5 Å². The SMILES string of the molecule is CC(=O)N1c2ccc(S(=O)(=O)N/N=c3/sc4ccccc4n3C)cc2CC1C. The topological polar surface area (TPSA) is 83.8 Å². The van der Waals surface area contributed by atoms with E-state index >= 15 is 0 Å². The molecule has 0 saturated heterocycles. The summed E-state index contributed by atoms with van der Waals surface area (Å²) in [6, 6.07) is 12.6. The minimum absolute atomic E-state index is 0.0145. The van der Waals surface area contributed by atoms with Crippen molar-refractivity contribution in [3.8, 4) is 0 Å². The highest BCUT2D eigenvalue weighted by Crippen LogP contribution is 2.33. The van der Waals surface area contributed by atoms with Crippen LogP contribution in [-0.4, -0.2) is 24.9 Å². The van der Waals surface area contributed by atoms with Crippen molar-refractivity contribution in [3.05, 3.63) is 52.8 Å². The molecule has 1 N–H and O–H groups in total. The van der Waals surface area contributed by atoms with Crippen LogP contribution < -0.4 is 14.5 Å². The molecule has 1 atom stereocenters.